The minimum Gasteiger partial charge on any atom is -0.390 e. The van der Waals surface area contributed by atoms with E-state index >= 15 is 0 Å². The van der Waals surface area contributed by atoms with Crippen LogP contribution in [-0.4, -0.2) is 22.1 Å². The molecule has 0 aromatic carbocycles. The third-order valence-corrected chi connectivity index (χ3v) is 3.93. The van der Waals surface area contributed by atoms with E-state index in [4.69, 9.17) is 0 Å². The first-order valence-corrected chi connectivity index (χ1v) is 7.25. The Hall–Kier alpha value is -0.0300. The molecule has 1 heterocycles. The van der Waals surface area contributed by atoms with Gasteiger partial charge in [-0.15, -0.1) is 11.3 Å². The maximum Gasteiger partial charge on any atom is 0.114 e. The fourth-order valence-electron chi connectivity index (χ4n) is 1.65. The number of aryl methyl sites for hydroxylation is 1. The molecule has 0 saturated carbocycles. The largest absolute Gasteiger partial charge is 0.390 e. The highest BCUT2D eigenvalue weighted by atomic mass is 32.1. The zero-order valence-electron chi connectivity index (χ0n) is 9.59. The van der Waals surface area contributed by atoms with E-state index in [2.05, 4.69) is 19.6 Å². The first-order chi connectivity index (χ1) is 7.70. The summed E-state index contributed by atoms with van der Waals surface area (Å²) in [6.07, 6.45) is 2.33. The Morgan fingerprint density at radius 1 is 1.44 bits per heavy atom. The van der Waals surface area contributed by atoms with Crippen LogP contribution >= 0.6 is 24.0 Å². The number of hydrogen-bond acceptors (Lipinski definition) is 4. The number of aliphatic hydroxyl groups excluding tert-OH is 2. The van der Waals surface area contributed by atoms with Gasteiger partial charge in [-0.25, -0.2) is 0 Å². The number of unbranched alkanes of at least 4 members (excludes halogenated alkanes) is 1. The molecule has 0 aliphatic carbocycles. The SMILES string of the molecule is CCCCc1ccsc1C(O)C(O)CCS. The van der Waals surface area contributed by atoms with E-state index in [1.807, 2.05) is 11.4 Å². The van der Waals surface area contributed by atoms with Gasteiger partial charge in [-0.2, -0.15) is 12.6 Å². The Morgan fingerprint density at radius 2 is 2.19 bits per heavy atom. The monoisotopic (exact) mass is 260 g/mol. The lowest BCUT2D eigenvalue weighted by atomic mass is 10.0. The lowest BCUT2D eigenvalue weighted by Crippen LogP contribution is -2.18. The molecular formula is C12H20O2S2. The van der Waals surface area contributed by atoms with Crippen molar-refractivity contribution in [3.63, 3.8) is 0 Å². The van der Waals surface area contributed by atoms with Gasteiger partial charge in [0.05, 0.1) is 6.10 Å². The molecule has 0 bridgehead atoms. The molecule has 0 aliphatic heterocycles. The van der Waals surface area contributed by atoms with Gasteiger partial charge < -0.3 is 10.2 Å². The Balaban J connectivity index is 2.66. The van der Waals surface area contributed by atoms with Gasteiger partial charge in [0, 0.05) is 4.88 Å². The minimum absolute atomic E-state index is 0.523. The summed E-state index contributed by atoms with van der Waals surface area (Å²) in [5.74, 6) is 0.591. The Morgan fingerprint density at radius 3 is 2.81 bits per heavy atom. The van der Waals surface area contributed by atoms with E-state index in [0.29, 0.717) is 12.2 Å². The van der Waals surface area contributed by atoms with Crippen molar-refractivity contribution < 1.29 is 10.2 Å². The quantitative estimate of drug-likeness (QED) is 0.660. The molecule has 0 amide bonds. The van der Waals surface area contributed by atoms with Crippen LogP contribution in [0.2, 0.25) is 0 Å². The second-order valence-electron chi connectivity index (χ2n) is 3.94. The van der Waals surface area contributed by atoms with E-state index in [1.165, 1.54) is 16.9 Å². The number of hydrogen-bond donors (Lipinski definition) is 3. The highest BCUT2D eigenvalue weighted by molar-refractivity contribution is 7.80. The van der Waals surface area contributed by atoms with E-state index in [9.17, 15) is 10.2 Å². The molecule has 2 atom stereocenters. The fraction of sp³-hybridized carbons (Fsp3) is 0.667. The van der Waals surface area contributed by atoms with Crippen LogP contribution in [0.15, 0.2) is 11.4 Å². The van der Waals surface area contributed by atoms with Gasteiger partial charge in [0.15, 0.2) is 0 Å². The molecule has 0 radical (unpaired) electrons. The van der Waals surface area contributed by atoms with Crippen LogP contribution < -0.4 is 0 Å². The standard InChI is InChI=1S/C12H20O2S2/c1-2-3-4-9-6-8-16-12(9)11(14)10(13)5-7-15/h6,8,10-11,13-15H,2-5,7H2,1H3. The first kappa shape index (κ1) is 14.0. The summed E-state index contributed by atoms with van der Waals surface area (Å²) in [6.45, 7) is 2.15. The van der Waals surface area contributed by atoms with Crippen molar-refractivity contribution in [2.24, 2.45) is 0 Å². The second kappa shape index (κ2) is 7.33. The molecule has 1 rings (SSSR count). The summed E-state index contributed by atoms with van der Waals surface area (Å²) < 4.78 is 0. The lowest BCUT2D eigenvalue weighted by molar-refractivity contribution is 0.0189. The molecule has 2 nitrogen and oxygen atoms in total. The molecule has 1 aromatic heterocycles. The molecule has 0 aliphatic rings. The van der Waals surface area contributed by atoms with Gasteiger partial charge in [-0.05, 0) is 42.0 Å². The molecule has 2 N–H and O–H groups in total. The van der Waals surface area contributed by atoms with Crippen molar-refractivity contribution >= 4 is 24.0 Å². The summed E-state index contributed by atoms with van der Waals surface area (Å²) in [5.41, 5.74) is 1.18. The Bertz CT molecular complexity index is 299. The molecule has 1 aromatic rings. The molecule has 2 unspecified atom stereocenters. The van der Waals surface area contributed by atoms with Crippen LogP contribution in [0, 0.1) is 0 Å². The third kappa shape index (κ3) is 3.77. The van der Waals surface area contributed by atoms with E-state index in [0.717, 1.165) is 24.1 Å². The van der Waals surface area contributed by atoms with Gasteiger partial charge in [0.25, 0.3) is 0 Å². The molecule has 0 fully saturated rings. The predicted molar refractivity (Wildman–Crippen MR) is 72.4 cm³/mol. The summed E-state index contributed by atoms with van der Waals surface area (Å²) >= 11 is 5.59. The van der Waals surface area contributed by atoms with Crippen molar-refractivity contribution in [2.45, 2.75) is 44.8 Å². The van der Waals surface area contributed by atoms with Crippen LogP contribution in [-0.2, 0) is 6.42 Å². The number of aliphatic hydroxyl groups is 2. The lowest BCUT2D eigenvalue weighted by Gasteiger charge is -2.17. The highest BCUT2D eigenvalue weighted by Crippen LogP contribution is 2.29. The molecule has 0 saturated heterocycles. The number of rotatable bonds is 7. The van der Waals surface area contributed by atoms with Crippen molar-refractivity contribution in [2.75, 3.05) is 5.75 Å². The topological polar surface area (TPSA) is 40.5 Å². The van der Waals surface area contributed by atoms with Gasteiger partial charge >= 0.3 is 0 Å². The maximum atomic E-state index is 10.0. The highest BCUT2D eigenvalue weighted by Gasteiger charge is 2.21. The molecule has 16 heavy (non-hydrogen) atoms. The van der Waals surface area contributed by atoms with Crippen LogP contribution in [0.3, 0.4) is 0 Å². The van der Waals surface area contributed by atoms with Crippen molar-refractivity contribution in [3.8, 4) is 0 Å². The Labute approximate surface area is 107 Å². The smallest absolute Gasteiger partial charge is 0.114 e. The van der Waals surface area contributed by atoms with E-state index in [1.54, 1.807) is 0 Å². The van der Waals surface area contributed by atoms with Crippen molar-refractivity contribution in [3.05, 3.63) is 21.9 Å². The minimum atomic E-state index is -0.751. The normalized spacial score (nSPS) is 15.0. The van der Waals surface area contributed by atoms with Crippen molar-refractivity contribution in [1.82, 2.24) is 0 Å². The molecule has 0 spiro atoms. The van der Waals surface area contributed by atoms with Crippen LogP contribution in [0.1, 0.15) is 42.7 Å². The van der Waals surface area contributed by atoms with Crippen LogP contribution in [0.25, 0.3) is 0 Å². The van der Waals surface area contributed by atoms with Gasteiger partial charge in [0.1, 0.15) is 6.10 Å². The van der Waals surface area contributed by atoms with E-state index < -0.39 is 12.2 Å². The van der Waals surface area contributed by atoms with Crippen molar-refractivity contribution in [1.29, 1.82) is 0 Å². The zero-order chi connectivity index (χ0) is 12.0. The van der Waals surface area contributed by atoms with Crippen LogP contribution in [0.4, 0.5) is 0 Å². The predicted octanol–water partition coefficient (Wildman–Crippen LogP) is 2.80. The second-order valence-corrected chi connectivity index (χ2v) is 5.33. The van der Waals surface area contributed by atoms with Gasteiger partial charge in [0.2, 0.25) is 0 Å². The van der Waals surface area contributed by atoms with E-state index in [-0.39, 0.29) is 0 Å². The van der Waals surface area contributed by atoms with Gasteiger partial charge in [-0.3, -0.25) is 0 Å². The summed E-state index contributed by atoms with van der Waals surface area (Å²) in [5, 5.41) is 21.7. The van der Waals surface area contributed by atoms with Gasteiger partial charge in [-0.1, -0.05) is 13.3 Å². The first-order valence-electron chi connectivity index (χ1n) is 5.74. The average molecular weight is 260 g/mol. The molecular weight excluding hydrogens is 240 g/mol. The maximum absolute atomic E-state index is 10.0. The number of thiophene rings is 1. The summed E-state index contributed by atoms with van der Waals surface area (Å²) in [6, 6.07) is 2.05. The molecule has 92 valence electrons. The summed E-state index contributed by atoms with van der Waals surface area (Å²) in [7, 11) is 0. The Kier molecular flexibility index (Phi) is 6.43. The summed E-state index contributed by atoms with van der Waals surface area (Å²) in [4.78, 5) is 0.919. The van der Waals surface area contributed by atoms with Crippen LogP contribution in [0.5, 0.6) is 0 Å². The zero-order valence-corrected chi connectivity index (χ0v) is 11.3. The fourth-order valence-corrected chi connectivity index (χ4v) is 2.91. The third-order valence-electron chi connectivity index (χ3n) is 2.64. The number of thiol groups is 1. The molecule has 4 heteroatoms. The average Bonchev–Trinajstić information content (AvgIpc) is 2.73.